The fraction of sp³-hybridized carbons (Fsp3) is 0.467. The van der Waals surface area contributed by atoms with E-state index >= 15 is 0 Å². The van der Waals surface area contributed by atoms with E-state index in [9.17, 15) is 0 Å². The van der Waals surface area contributed by atoms with Crippen LogP contribution in [0.2, 0.25) is 5.02 Å². The summed E-state index contributed by atoms with van der Waals surface area (Å²) in [6.07, 6.45) is 2.67. The highest BCUT2D eigenvalue weighted by Gasteiger charge is 2.17. The Hall–Kier alpha value is -1.44. The minimum Gasteiger partial charge on any atom is -0.486 e. The Balaban J connectivity index is 1.65. The molecule has 1 aromatic carbocycles. The minimum atomic E-state index is 0.533. The second-order valence-corrected chi connectivity index (χ2v) is 6.39. The molecule has 2 aromatic rings. The summed E-state index contributed by atoms with van der Waals surface area (Å²) in [4.78, 5) is 0. The summed E-state index contributed by atoms with van der Waals surface area (Å²) in [5.74, 6) is 2.08. The van der Waals surface area contributed by atoms with Crippen LogP contribution in [0.4, 0.5) is 0 Å². The number of thioether (sulfide) groups is 1. The normalized spacial score (nSPS) is 13.3. The standard InChI is InChI=1S/C15H18ClN3O3S/c1-20-4-2-3-19-10-17-18-15(19)23-9-11-7-12(16)14-13(8-11)21-5-6-22-14/h7-8,10H,2-6,9H2,1H3. The van der Waals surface area contributed by atoms with Crippen LogP contribution < -0.4 is 9.47 Å². The van der Waals surface area contributed by atoms with Gasteiger partial charge in [0, 0.05) is 26.0 Å². The molecule has 23 heavy (non-hydrogen) atoms. The molecule has 0 bridgehead atoms. The third kappa shape index (κ3) is 4.10. The number of hydrogen-bond donors (Lipinski definition) is 0. The second-order valence-electron chi connectivity index (χ2n) is 5.04. The van der Waals surface area contributed by atoms with Gasteiger partial charge in [-0.25, -0.2) is 0 Å². The summed E-state index contributed by atoms with van der Waals surface area (Å²) in [5, 5.41) is 9.61. The topological polar surface area (TPSA) is 58.4 Å². The van der Waals surface area contributed by atoms with Gasteiger partial charge < -0.3 is 18.8 Å². The molecule has 1 aliphatic heterocycles. The number of benzene rings is 1. The van der Waals surface area contributed by atoms with Crippen molar-refractivity contribution in [3.63, 3.8) is 0 Å². The van der Waals surface area contributed by atoms with E-state index in [1.54, 1.807) is 25.2 Å². The van der Waals surface area contributed by atoms with Crippen LogP contribution in [0.3, 0.4) is 0 Å². The van der Waals surface area contributed by atoms with Crippen LogP contribution in [-0.2, 0) is 17.0 Å². The van der Waals surface area contributed by atoms with Crippen LogP contribution in [-0.4, -0.2) is 41.7 Å². The molecule has 0 N–H and O–H groups in total. The van der Waals surface area contributed by atoms with Gasteiger partial charge in [0.15, 0.2) is 16.7 Å². The van der Waals surface area contributed by atoms with E-state index in [1.807, 2.05) is 16.7 Å². The molecule has 0 amide bonds. The molecule has 0 spiro atoms. The molecule has 124 valence electrons. The Bertz CT molecular complexity index is 665. The Morgan fingerprint density at radius 2 is 2.22 bits per heavy atom. The van der Waals surface area contributed by atoms with Gasteiger partial charge in [-0.15, -0.1) is 10.2 Å². The minimum absolute atomic E-state index is 0.533. The molecule has 8 heteroatoms. The van der Waals surface area contributed by atoms with Gasteiger partial charge in [-0.05, 0) is 24.1 Å². The van der Waals surface area contributed by atoms with Gasteiger partial charge in [0.2, 0.25) is 0 Å². The number of aryl methyl sites for hydroxylation is 1. The monoisotopic (exact) mass is 355 g/mol. The average Bonchev–Trinajstić information content (AvgIpc) is 3.01. The molecule has 1 aliphatic rings. The zero-order valence-corrected chi connectivity index (χ0v) is 14.4. The van der Waals surface area contributed by atoms with Crippen LogP contribution in [0, 0.1) is 0 Å². The summed E-state index contributed by atoms with van der Waals surface area (Å²) in [5.41, 5.74) is 1.07. The predicted molar refractivity (Wildman–Crippen MR) is 88.5 cm³/mol. The molecule has 1 aromatic heterocycles. The molecule has 0 aliphatic carbocycles. The van der Waals surface area contributed by atoms with E-state index in [0.717, 1.165) is 36.0 Å². The zero-order valence-electron chi connectivity index (χ0n) is 12.8. The first kappa shape index (κ1) is 16.4. The maximum absolute atomic E-state index is 6.26. The first-order valence-electron chi connectivity index (χ1n) is 7.35. The van der Waals surface area contributed by atoms with Gasteiger partial charge in [0.05, 0.1) is 5.02 Å². The maximum Gasteiger partial charge on any atom is 0.191 e. The largest absolute Gasteiger partial charge is 0.486 e. The Kier molecular flexibility index (Phi) is 5.64. The highest BCUT2D eigenvalue weighted by atomic mass is 35.5. The number of fused-ring (bicyclic) bond motifs is 1. The third-order valence-electron chi connectivity index (χ3n) is 3.35. The molecule has 0 fully saturated rings. The van der Waals surface area contributed by atoms with Crippen LogP contribution in [0.5, 0.6) is 11.5 Å². The number of rotatable bonds is 7. The van der Waals surface area contributed by atoms with Gasteiger partial charge in [-0.1, -0.05) is 23.4 Å². The average molecular weight is 356 g/mol. The molecule has 6 nitrogen and oxygen atoms in total. The van der Waals surface area contributed by atoms with Crippen LogP contribution in [0.25, 0.3) is 0 Å². The Labute approximate surface area is 144 Å². The summed E-state index contributed by atoms with van der Waals surface area (Å²) in [6.45, 7) is 2.64. The van der Waals surface area contributed by atoms with Crippen molar-refractivity contribution in [3.8, 4) is 11.5 Å². The second kappa shape index (κ2) is 7.90. The smallest absolute Gasteiger partial charge is 0.191 e. The van der Waals surface area contributed by atoms with Crippen LogP contribution in [0.1, 0.15) is 12.0 Å². The predicted octanol–water partition coefficient (Wildman–Crippen LogP) is 3.03. The lowest BCUT2D eigenvalue weighted by Gasteiger charge is -2.20. The van der Waals surface area contributed by atoms with Crippen molar-refractivity contribution in [2.75, 3.05) is 26.9 Å². The third-order valence-corrected chi connectivity index (χ3v) is 4.68. The summed E-state index contributed by atoms with van der Waals surface area (Å²) < 4.78 is 18.2. The van der Waals surface area contributed by atoms with Crippen molar-refractivity contribution in [1.82, 2.24) is 14.8 Å². The zero-order chi connectivity index (χ0) is 16.1. The van der Waals surface area contributed by atoms with E-state index in [4.69, 9.17) is 25.8 Å². The van der Waals surface area contributed by atoms with Crippen molar-refractivity contribution in [1.29, 1.82) is 0 Å². The molecular weight excluding hydrogens is 338 g/mol. The molecule has 0 unspecified atom stereocenters. The number of halogens is 1. The van der Waals surface area contributed by atoms with Gasteiger partial charge >= 0.3 is 0 Å². The lowest BCUT2D eigenvalue weighted by Crippen LogP contribution is -2.15. The first-order chi connectivity index (χ1) is 11.3. The van der Waals surface area contributed by atoms with Crippen molar-refractivity contribution in [2.24, 2.45) is 0 Å². The van der Waals surface area contributed by atoms with Crippen molar-refractivity contribution in [3.05, 3.63) is 29.0 Å². The van der Waals surface area contributed by atoms with Gasteiger partial charge in [-0.2, -0.15) is 0 Å². The Morgan fingerprint density at radius 3 is 3.09 bits per heavy atom. The molecule has 3 rings (SSSR count). The number of aromatic nitrogens is 3. The molecule has 2 heterocycles. The number of methoxy groups -OCH3 is 1. The van der Waals surface area contributed by atoms with E-state index in [-0.39, 0.29) is 0 Å². The number of hydrogen-bond acceptors (Lipinski definition) is 6. The number of nitrogens with zero attached hydrogens (tertiary/aromatic N) is 3. The van der Waals surface area contributed by atoms with E-state index in [1.165, 1.54) is 0 Å². The summed E-state index contributed by atoms with van der Waals surface area (Å²) in [6, 6.07) is 3.88. The van der Waals surface area contributed by atoms with Crippen LogP contribution >= 0.6 is 23.4 Å². The lowest BCUT2D eigenvalue weighted by atomic mass is 10.2. The lowest BCUT2D eigenvalue weighted by molar-refractivity contribution is 0.171. The van der Waals surface area contributed by atoms with Gasteiger partial charge in [-0.3, -0.25) is 0 Å². The maximum atomic E-state index is 6.26. The van der Waals surface area contributed by atoms with E-state index < -0.39 is 0 Å². The fourth-order valence-corrected chi connectivity index (χ4v) is 3.44. The van der Waals surface area contributed by atoms with Gasteiger partial charge in [0.1, 0.15) is 19.5 Å². The molecule has 0 saturated carbocycles. The molecule has 0 saturated heterocycles. The van der Waals surface area contributed by atoms with Crippen molar-refractivity contribution in [2.45, 2.75) is 23.9 Å². The fourth-order valence-electron chi connectivity index (χ4n) is 2.28. The quantitative estimate of drug-likeness (QED) is 0.562. The van der Waals surface area contributed by atoms with Crippen LogP contribution in [0.15, 0.2) is 23.6 Å². The highest BCUT2D eigenvalue weighted by Crippen LogP contribution is 2.39. The highest BCUT2D eigenvalue weighted by molar-refractivity contribution is 7.98. The van der Waals surface area contributed by atoms with Crippen molar-refractivity contribution < 1.29 is 14.2 Å². The van der Waals surface area contributed by atoms with E-state index in [2.05, 4.69) is 10.2 Å². The van der Waals surface area contributed by atoms with Gasteiger partial charge in [0.25, 0.3) is 0 Å². The molecular formula is C15H18ClN3O3S. The van der Waals surface area contributed by atoms with E-state index in [0.29, 0.717) is 29.7 Å². The number of ether oxygens (including phenoxy) is 3. The molecule has 0 atom stereocenters. The first-order valence-corrected chi connectivity index (χ1v) is 8.72. The SMILES string of the molecule is COCCCn1cnnc1SCc1cc(Cl)c2c(c1)OCCO2. The summed E-state index contributed by atoms with van der Waals surface area (Å²) in [7, 11) is 1.70. The molecule has 0 radical (unpaired) electrons. The van der Waals surface area contributed by atoms with Crippen molar-refractivity contribution >= 4 is 23.4 Å². The summed E-state index contributed by atoms with van der Waals surface area (Å²) >= 11 is 7.88. The Morgan fingerprint density at radius 1 is 1.35 bits per heavy atom.